The molecule has 0 aromatic heterocycles. The Balaban J connectivity index is 1.92. The monoisotopic (exact) mass is 416 g/mol. The molecule has 0 unspecified atom stereocenters. The zero-order valence-corrected chi connectivity index (χ0v) is 14.2. The average molecular weight is 419 g/mol. The van der Waals surface area contributed by atoms with E-state index < -0.39 is 0 Å². The van der Waals surface area contributed by atoms with E-state index in [2.05, 4.69) is 42.5 Å². The molecule has 0 saturated heterocycles. The standard InChI is InChI=1S/C14H11Br2ClN2O/c15-9-1-4-11(5-2-9)19-14(20)8-18-13-7-10(17)3-6-12(13)16/h1-7,18H,8H2,(H,19,20). The maximum Gasteiger partial charge on any atom is 0.243 e. The number of hydrogen-bond donors (Lipinski definition) is 2. The predicted molar refractivity (Wildman–Crippen MR) is 90.4 cm³/mol. The maximum atomic E-state index is 11.8. The molecule has 0 fully saturated rings. The molecule has 6 heteroatoms. The van der Waals surface area contributed by atoms with Gasteiger partial charge in [-0.2, -0.15) is 0 Å². The first kappa shape index (κ1) is 15.4. The molecule has 0 aliphatic carbocycles. The van der Waals surface area contributed by atoms with Crippen LogP contribution in [0.2, 0.25) is 5.02 Å². The van der Waals surface area contributed by atoms with Crippen molar-refractivity contribution in [3.05, 3.63) is 56.4 Å². The first-order valence-corrected chi connectivity index (χ1v) is 7.75. The van der Waals surface area contributed by atoms with Gasteiger partial charge in [-0.15, -0.1) is 0 Å². The minimum absolute atomic E-state index is 0.126. The molecular formula is C14H11Br2ClN2O. The summed E-state index contributed by atoms with van der Waals surface area (Å²) in [6.45, 7) is 0.162. The van der Waals surface area contributed by atoms with E-state index in [0.717, 1.165) is 20.3 Å². The molecule has 0 saturated carbocycles. The van der Waals surface area contributed by atoms with Crippen LogP contribution in [0.25, 0.3) is 0 Å². The van der Waals surface area contributed by atoms with E-state index in [1.54, 1.807) is 12.1 Å². The Kier molecular flexibility index (Phi) is 5.46. The number of anilines is 2. The van der Waals surface area contributed by atoms with Crippen LogP contribution in [-0.2, 0) is 4.79 Å². The van der Waals surface area contributed by atoms with Crippen LogP contribution in [0.15, 0.2) is 51.4 Å². The Morgan fingerprint density at radius 2 is 1.80 bits per heavy atom. The highest BCUT2D eigenvalue weighted by Crippen LogP contribution is 2.25. The van der Waals surface area contributed by atoms with E-state index in [4.69, 9.17) is 11.6 Å². The van der Waals surface area contributed by atoms with Crippen LogP contribution in [0, 0.1) is 0 Å². The second-order valence-electron chi connectivity index (χ2n) is 4.03. The first-order valence-electron chi connectivity index (χ1n) is 5.79. The van der Waals surface area contributed by atoms with Gasteiger partial charge in [-0.3, -0.25) is 4.79 Å². The van der Waals surface area contributed by atoms with Gasteiger partial charge in [0, 0.05) is 19.7 Å². The Labute approximate surface area is 139 Å². The fourth-order valence-electron chi connectivity index (χ4n) is 1.55. The van der Waals surface area contributed by atoms with E-state index in [-0.39, 0.29) is 12.5 Å². The largest absolute Gasteiger partial charge is 0.375 e. The van der Waals surface area contributed by atoms with Crippen molar-refractivity contribution in [3.8, 4) is 0 Å². The molecule has 0 aliphatic heterocycles. The zero-order chi connectivity index (χ0) is 14.5. The molecule has 0 aliphatic rings. The molecule has 3 nitrogen and oxygen atoms in total. The summed E-state index contributed by atoms with van der Waals surface area (Å²) in [6, 6.07) is 12.8. The lowest BCUT2D eigenvalue weighted by Crippen LogP contribution is -2.21. The highest BCUT2D eigenvalue weighted by atomic mass is 79.9. The third-order valence-corrected chi connectivity index (χ3v) is 3.95. The second-order valence-corrected chi connectivity index (χ2v) is 6.24. The van der Waals surface area contributed by atoms with Crippen molar-refractivity contribution in [1.29, 1.82) is 0 Å². The minimum Gasteiger partial charge on any atom is -0.375 e. The molecule has 2 rings (SSSR count). The molecule has 2 aromatic carbocycles. The van der Waals surface area contributed by atoms with Crippen LogP contribution in [0.5, 0.6) is 0 Å². The topological polar surface area (TPSA) is 41.1 Å². The lowest BCUT2D eigenvalue weighted by Gasteiger charge is -2.09. The molecule has 2 aromatic rings. The molecule has 1 amide bonds. The van der Waals surface area contributed by atoms with Crippen molar-refractivity contribution >= 4 is 60.7 Å². The summed E-state index contributed by atoms with van der Waals surface area (Å²) in [7, 11) is 0. The molecule has 0 atom stereocenters. The van der Waals surface area contributed by atoms with Crippen LogP contribution >= 0.6 is 43.5 Å². The number of halogens is 3. The number of benzene rings is 2. The number of nitrogens with one attached hydrogen (secondary N) is 2. The summed E-state index contributed by atoms with van der Waals surface area (Å²) in [5, 5.41) is 6.45. The summed E-state index contributed by atoms with van der Waals surface area (Å²) in [5.41, 5.74) is 1.54. The predicted octanol–water partition coefficient (Wildman–Crippen LogP) is 4.92. The Hall–Kier alpha value is -1.04. The van der Waals surface area contributed by atoms with Gasteiger partial charge in [-0.25, -0.2) is 0 Å². The van der Waals surface area contributed by atoms with Gasteiger partial charge in [-0.1, -0.05) is 27.5 Å². The van der Waals surface area contributed by atoms with E-state index in [0.29, 0.717) is 5.02 Å². The van der Waals surface area contributed by atoms with Crippen LogP contribution in [0.1, 0.15) is 0 Å². The lowest BCUT2D eigenvalue weighted by molar-refractivity contribution is -0.114. The Morgan fingerprint density at radius 3 is 2.50 bits per heavy atom. The molecule has 0 bridgehead atoms. The molecule has 0 heterocycles. The van der Waals surface area contributed by atoms with Crippen LogP contribution in [-0.4, -0.2) is 12.5 Å². The van der Waals surface area contributed by atoms with Gasteiger partial charge in [0.05, 0.1) is 12.2 Å². The summed E-state index contributed by atoms with van der Waals surface area (Å²) in [5.74, 6) is -0.126. The second kappa shape index (κ2) is 7.11. The van der Waals surface area contributed by atoms with Gasteiger partial charge in [0.1, 0.15) is 0 Å². The van der Waals surface area contributed by atoms with Crippen LogP contribution < -0.4 is 10.6 Å². The van der Waals surface area contributed by atoms with Gasteiger partial charge in [-0.05, 0) is 58.4 Å². The summed E-state index contributed by atoms with van der Waals surface area (Å²) < 4.78 is 1.83. The molecule has 0 radical (unpaired) electrons. The SMILES string of the molecule is O=C(CNc1cc(Cl)ccc1Br)Nc1ccc(Br)cc1. The normalized spacial score (nSPS) is 10.2. The van der Waals surface area contributed by atoms with Gasteiger partial charge < -0.3 is 10.6 Å². The first-order chi connectivity index (χ1) is 9.54. The molecule has 0 spiro atoms. The summed E-state index contributed by atoms with van der Waals surface area (Å²) in [6.07, 6.45) is 0. The fourth-order valence-corrected chi connectivity index (χ4v) is 2.37. The van der Waals surface area contributed by atoms with Crippen LogP contribution in [0.3, 0.4) is 0 Å². The van der Waals surface area contributed by atoms with E-state index >= 15 is 0 Å². The Morgan fingerprint density at radius 1 is 1.10 bits per heavy atom. The van der Waals surface area contributed by atoms with Crippen molar-refractivity contribution < 1.29 is 4.79 Å². The van der Waals surface area contributed by atoms with Gasteiger partial charge in [0.15, 0.2) is 0 Å². The Bertz CT molecular complexity index is 617. The summed E-state index contributed by atoms with van der Waals surface area (Å²) >= 11 is 12.7. The van der Waals surface area contributed by atoms with Gasteiger partial charge in [0.2, 0.25) is 5.91 Å². The van der Waals surface area contributed by atoms with E-state index in [9.17, 15) is 4.79 Å². The number of carbonyl (C=O) groups excluding carboxylic acids is 1. The average Bonchev–Trinajstić information content (AvgIpc) is 2.42. The van der Waals surface area contributed by atoms with Crippen molar-refractivity contribution in [3.63, 3.8) is 0 Å². The number of rotatable bonds is 4. The molecule has 2 N–H and O–H groups in total. The van der Waals surface area contributed by atoms with Crippen molar-refractivity contribution in [2.75, 3.05) is 17.2 Å². The van der Waals surface area contributed by atoms with E-state index in [1.165, 1.54) is 0 Å². The molecular weight excluding hydrogens is 407 g/mol. The number of carbonyl (C=O) groups is 1. The zero-order valence-electron chi connectivity index (χ0n) is 10.3. The highest BCUT2D eigenvalue weighted by Gasteiger charge is 2.05. The molecule has 20 heavy (non-hydrogen) atoms. The summed E-state index contributed by atoms with van der Waals surface area (Å²) in [4.78, 5) is 11.8. The number of hydrogen-bond acceptors (Lipinski definition) is 2. The van der Waals surface area contributed by atoms with Gasteiger partial charge in [0.25, 0.3) is 0 Å². The maximum absolute atomic E-state index is 11.8. The smallest absolute Gasteiger partial charge is 0.243 e. The third kappa shape index (κ3) is 4.51. The third-order valence-electron chi connectivity index (χ3n) is 2.50. The van der Waals surface area contributed by atoms with Crippen LogP contribution in [0.4, 0.5) is 11.4 Å². The van der Waals surface area contributed by atoms with E-state index in [1.807, 2.05) is 30.3 Å². The number of amides is 1. The van der Waals surface area contributed by atoms with Crippen molar-refractivity contribution in [2.24, 2.45) is 0 Å². The van der Waals surface area contributed by atoms with Crippen molar-refractivity contribution in [2.45, 2.75) is 0 Å². The highest BCUT2D eigenvalue weighted by molar-refractivity contribution is 9.10. The molecule has 104 valence electrons. The van der Waals surface area contributed by atoms with Gasteiger partial charge >= 0.3 is 0 Å². The fraction of sp³-hybridized carbons (Fsp3) is 0.0714. The lowest BCUT2D eigenvalue weighted by atomic mass is 10.3. The minimum atomic E-state index is -0.126. The quantitative estimate of drug-likeness (QED) is 0.740. The van der Waals surface area contributed by atoms with Crippen molar-refractivity contribution in [1.82, 2.24) is 0 Å².